The first-order chi connectivity index (χ1) is 17.7. The number of ether oxygens (including phenoxy) is 4. The molecule has 11 nitrogen and oxygen atoms in total. The summed E-state index contributed by atoms with van der Waals surface area (Å²) < 4.78 is 21.6. The largest absolute Gasteiger partial charge is 0.444 e. The predicted molar refractivity (Wildman–Crippen MR) is 143 cm³/mol. The molecule has 0 aromatic heterocycles. The minimum absolute atomic E-state index is 0.0551. The van der Waals surface area contributed by atoms with Crippen molar-refractivity contribution >= 4 is 29.8 Å². The average molecular weight is 547 g/mol. The Hall–Kier alpha value is -1.76. The molecular weight excluding hydrogens is 500 g/mol. The number of hydrogen-bond acceptors (Lipinski definition) is 8. The highest BCUT2D eigenvalue weighted by atomic mass is 32.2. The van der Waals surface area contributed by atoms with E-state index in [0.717, 1.165) is 31.4 Å². The highest BCUT2D eigenvalue weighted by Crippen LogP contribution is 2.33. The second kappa shape index (κ2) is 17.7. The van der Waals surface area contributed by atoms with Crippen LogP contribution in [0.25, 0.3) is 0 Å². The number of nitrogens with one attached hydrogen (secondary N) is 4. The van der Waals surface area contributed by atoms with Crippen LogP contribution in [0.1, 0.15) is 59.3 Å². The molecule has 37 heavy (non-hydrogen) atoms. The molecule has 12 heteroatoms. The van der Waals surface area contributed by atoms with E-state index >= 15 is 0 Å². The van der Waals surface area contributed by atoms with Gasteiger partial charge in [0.05, 0.1) is 38.5 Å². The molecular formula is C25H46N4O7S. The van der Waals surface area contributed by atoms with Gasteiger partial charge in [-0.25, -0.2) is 9.59 Å². The Morgan fingerprint density at radius 1 is 0.892 bits per heavy atom. The summed E-state index contributed by atoms with van der Waals surface area (Å²) in [7, 11) is 0. The molecule has 3 unspecified atom stereocenters. The van der Waals surface area contributed by atoms with E-state index < -0.39 is 11.7 Å². The second-order valence-electron chi connectivity index (χ2n) is 10.2. The van der Waals surface area contributed by atoms with Crippen LogP contribution in [0.4, 0.5) is 9.59 Å². The number of alkyl carbamates (subject to hydrolysis) is 1. The summed E-state index contributed by atoms with van der Waals surface area (Å²) in [5.41, 5.74) is -0.493. The van der Waals surface area contributed by atoms with Gasteiger partial charge in [-0.15, -0.1) is 0 Å². The summed E-state index contributed by atoms with van der Waals surface area (Å²) in [6.07, 6.45) is 4.47. The molecule has 0 aromatic rings. The van der Waals surface area contributed by atoms with E-state index in [9.17, 15) is 14.4 Å². The van der Waals surface area contributed by atoms with Crippen LogP contribution in [-0.4, -0.2) is 99.4 Å². The molecule has 0 bridgehead atoms. The van der Waals surface area contributed by atoms with Crippen molar-refractivity contribution in [2.75, 3.05) is 58.5 Å². The minimum Gasteiger partial charge on any atom is -0.444 e. The third-order valence-electron chi connectivity index (χ3n) is 5.75. The standard InChI is InChI=1S/C25H46N4O7S/c1-25(2,3)36-24(32)27-11-7-13-34-15-17-35-16-14-33-12-6-10-26-21(30)9-5-4-8-20-22-19(18-37-20)28-23(31)29-22/h19-20,22H,4-18H2,1-3H3,(H,26,30)(H,27,32)(H2,28,29,31). The maximum Gasteiger partial charge on any atom is 0.407 e. The molecule has 2 heterocycles. The van der Waals surface area contributed by atoms with Gasteiger partial charge in [-0.2, -0.15) is 11.8 Å². The van der Waals surface area contributed by atoms with Crippen LogP contribution < -0.4 is 21.3 Å². The predicted octanol–water partition coefficient (Wildman–Crippen LogP) is 2.18. The zero-order valence-electron chi connectivity index (χ0n) is 22.6. The van der Waals surface area contributed by atoms with Crippen molar-refractivity contribution in [2.45, 2.75) is 82.2 Å². The summed E-state index contributed by atoms with van der Waals surface area (Å²) in [6.45, 7) is 9.69. The van der Waals surface area contributed by atoms with Gasteiger partial charge in [0, 0.05) is 43.7 Å². The van der Waals surface area contributed by atoms with E-state index in [-0.39, 0.29) is 24.0 Å². The number of amides is 4. The Kier molecular flexibility index (Phi) is 15.0. The van der Waals surface area contributed by atoms with Crippen LogP contribution in [-0.2, 0) is 23.7 Å². The van der Waals surface area contributed by atoms with Crippen molar-refractivity contribution in [2.24, 2.45) is 0 Å². The summed E-state index contributed by atoms with van der Waals surface area (Å²) in [5, 5.41) is 12.0. The van der Waals surface area contributed by atoms with E-state index in [2.05, 4.69) is 21.3 Å². The van der Waals surface area contributed by atoms with Gasteiger partial charge >= 0.3 is 12.1 Å². The highest BCUT2D eigenvalue weighted by Gasteiger charge is 2.42. The van der Waals surface area contributed by atoms with E-state index in [4.69, 9.17) is 18.9 Å². The van der Waals surface area contributed by atoms with Gasteiger partial charge in [0.2, 0.25) is 5.91 Å². The molecule has 214 valence electrons. The smallest absolute Gasteiger partial charge is 0.407 e. The van der Waals surface area contributed by atoms with E-state index in [1.165, 1.54) is 0 Å². The van der Waals surface area contributed by atoms with Crippen molar-refractivity contribution in [1.82, 2.24) is 21.3 Å². The van der Waals surface area contributed by atoms with Gasteiger partial charge in [-0.05, 0) is 46.5 Å². The van der Waals surface area contributed by atoms with Gasteiger partial charge in [0.15, 0.2) is 0 Å². The quantitative estimate of drug-likeness (QED) is 0.143. The number of unbranched alkanes of at least 4 members (excludes halogenated alkanes) is 1. The van der Waals surface area contributed by atoms with Crippen LogP contribution in [0.15, 0.2) is 0 Å². The van der Waals surface area contributed by atoms with Crippen molar-refractivity contribution in [1.29, 1.82) is 0 Å². The average Bonchev–Trinajstić information content (AvgIpc) is 3.37. The molecule has 2 rings (SSSR count). The summed E-state index contributed by atoms with van der Waals surface area (Å²) in [6, 6.07) is 0.433. The lowest BCUT2D eigenvalue weighted by Gasteiger charge is -2.19. The Bertz CT molecular complexity index is 692. The number of hydrogen-bond donors (Lipinski definition) is 4. The molecule has 0 saturated carbocycles. The molecule has 0 aliphatic carbocycles. The van der Waals surface area contributed by atoms with Crippen LogP contribution in [0.5, 0.6) is 0 Å². The molecule has 0 radical (unpaired) electrons. The summed E-state index contributed by atoms with van der Waals surface area (Å²) in [4.78, 5) is 34.9. The summed E-state index contributed by atoms with van der Waals surface area (Å²) in [5.74, 6) is 1.05. The lowest BCUT2D eigenvalue weighted by molar-refractivity contribution is -0.121. The van der Waals surface area contributed by atoms with Crippen molar-refractivity contribution < 1.29 is 33.3 Å². The Labute approximate surface area is 225 Å². The Morgan fingerprint density at radius 3 is 2.16 bits per heavy atom. The number of carbonyl (C=O) groups excluding carboxylic acids is 3. The number of urea groups is 1. The molecule has 2 fully saturated rings. The van der Waals surface area contributed by atoms with E-state index in [1.807, 2.05) is 32.5 Å². The normalized spacial score (nSPS) is 20.7. The molecule has 4 amide bonds. The van der Waals surface area contributed by atoms with Crippen LogP contribution in [0, 0.1) is 0 Å². The first-order valence-electron chi connectivity index (χ1n) is 13.4. The maximum atomic E-state index is 12.0. The zero-order valence-corrected chi connectivity index (χ0v) is 23.4. The third kappa shape index (κ3) is 14.7. The lowest BCUT2D eigenvalue weighted by atomic mass is 10.0. The molecule has 0 aromatic carbocycles. The first kappa shape index (κ1) is 31.5. The zero-order chi connectivity index (χ0) is 26.9. The number of fused-ring (bicyclic) bond motifs is 1. The van der Waals surface area contributed by atoms with Gasteiger partial charge < -0.3 is 40.2 Å². The molecule has 0 spiro atoms. The second-order valence-corrected chi connectivity index (χ2v) is 11.5. The first-order valence-corrected chi connectivity index (χ1v) is 14.4. The van der Waals surface area contributed by atoms with Gasteiger partial charge in [0.1, 0.15) is 5.60 Å². The Balaban J connectivity index is 1.27. The molecule has 2 saturated heterocycles. The van der Waals surface area contributed by atoms with E-state index in [0.29, 0.717) is 70.8 Å². The fourth-order valence-corrected chi connectivity index (χ4v) is 5.53. The van der Waals surface area contributed by atoms with Crippen LogP contribution >= 0.6 is 11.8 Å². The van der Waals surface area contributed by atoms with Crippen molar-refractivity contribution in [3.05, 3.63) is 0 Å². The monoisotopic (exact) mass is 546 g/mol. The lowest BCUT2D eigenvalue weighted by Crippen LogP contribution is -2.36. The van der Waals surface area contributed by atoms with Crippen LogP contribution in [0.3, 0.4) is 0 Å². The van der Waals surface area contributed by atoms with Gasteiger partial charge in [-0.3, -0.25) is 4.79 Å². The molecule has 2 aliphatic rings. The number of thioether (sulfide) groups is 1. The topological polar surface area (TPSA) is 136 Å². The number of carbonyl (C=O) groups is 3. The minimum atomic E-state index is -0.493. The molecule has 3 atom stereocenters. The molecule has 4 N–H and O–H groups in total. The SMILES string of the molecule is CC(C)(C)OC(=O)NCCCOCCOCCOCCCNC(=O)CCCCC1SCC2NC(=O)NC21. The number of rotatable bonds is 19. The third-order valence-corrected chi connectivity index (χ3v) is 7.25. The van der Waals surface area contributed by atoms with E-state index in [1.54, 1.807) is 0 Å². The van der Waals surface area contributed by atoms with Crippen molar-refractivity contribution in [3.63, 3.8) is 0 Å². The molecule has 2 aliphatic heterocycles. The van der Waals surface area contributed by atoms with Crippen LogP contribution in [0.2, 0.25) is 0 Å². The maximum absolute atomic E-state index is 12.0. The van der Waals surface area contributed by atoms with Gasteiger partial charge in [-0.1, -0.05) is 6.42 Å². The Morgan fingerprint density at radius 2 is 1.51 bits per heavy atom. The summed E-state index contributed by atoms with van der Waals surface area (Å²) >= 11 is 1.91. The fraction of sp³-hybridized carbons (Fsp3) is 0.880. The highest BCUT2D eigenvalue weighted by molar-refractivity contribution is 8.00. The fourth-order valence-electron chi connectivity index (χ4n) is 3.99. The van der Waals surface area contributed by atoms with Gasteiger partial charge in [0.25, 0.3) is 0 Å². The van der Waals surface area contributed by atoms with Crippen molar-refractivity contribution in [3.8, 4) is 0 Å².